The Hall–Kier alpha value is -2.02. The highest BCUT2D eigenvalue weighted by Gasteiger charge is 2.40. The summed E-state index contributed by atoms with van der Waals surface area (Å²) in [6.07, 6.45) is 2.26. The summed E-state index contributed by atoms with van der Waals surface area (Å²) in [7, 11) is -1.97. The summed E-state index contributed by atoms with van der Waals surface area (Å²) in [5.74, 6) is -0.515. The zero-order valence-corrected chi connectivity index (χ0v) is 23.2. The fourth-order valence-corrected chi connectivity index (χ4v) is 8.28. The third kappa shape index (κ3) is 4.77. The van der Waals surface area contributed by atoms with Crippen molar-refractivity contribution in [3.05, 3.63) is 34.5 Å². The highest BCUT2D eigenvalue weighted by molar-refractivity contribution is 7.91. The first-order valence-electron chi connectivity index (χ1n) is 13.3. The lowest BCUT2D eigenvalue weighted by molar-refractivity contribution is -0.0334. The number of fused-ring (bicyclic) bond motifs is 3. The number of likely N-dealkylation sites (tertiary alicyclic amines) is 2. The quantitative estimate of drug-likeness (QED) is 0.526. The normalized spacial score (nSPS) is 24.1. The van der Waals surface area contributed by atoms with Crippen LogP contribution in [0.25, 0.3) is 11.3 Å². The second-order valence-electron chi connectivity index (χ2n) is 10.6. The van der Waals surface area contributed by atoms with Crippen LogP contribution in [0, 0.1) is 0 Å². The Morgan fingerprint density at radius 2 is 1.89 bits per heavy atom. The van der Waals surface area contributed by atoms with E-state index in [1.807, 2.05) is 4.68 Å². The van der Waals surface area contributed by atoms with Gasteiger partial charge in [0, 0.05) is 64.0 Å². The topological polar surface area (TPSA) is 97.2 Å². The summed E-state index contributed by atoms with van der Waals surface area (Å²) in [6.45, 7) is 7.55. The Kier molecular flexibility index (Phi) is 7.25. The summed E-state index contributed by atoms with van der Waals surface area (Å²) in [4.78, 5) is 20.3. The van der Waals surface area contributed by atoms with Crippen LogP contribution >= 0.6 is 11.6 Å². The number of amides is 1. The minimum absolute atomic E-state index is 0.0273. The number of piperidine rings is 1. The fourth-order valence-electron chi connectivity index (χ4n) is 6.09. The molecule has 0 spiro atoms. The Morgan fingerprint density at radius 1 is 1.13 bits per heavy atom. The predicted molar refractivity (Wildman–Crippen MR) is 142 cm³/mol. The third-order valence-electron chi connectivity index (χ3n) is 8.19. The minimum atomic E-state index is -3.73. The molecule has 10 nitrogen and oxygen atoms in total. The van der Waals surface area contributed by atoms with Gasteiger partial charge in [-0.1, -0.05) is 23.7 Å². The number of hydrogen-bond donors (Lipinski definition) is 0. The highest BCUT2D eigenvalue weighted by Crippen LogP contribution is 2.44. The second-order valence-corrected chi connectivity index (χ2v) is 12.9. The minimum Gasteiger partial charge on any atom is -0.379 e. The average molecular weight is 564 g/mol. The van der Waals surface area contributed by atoms with Gasteiger partial charge in [-0.05, 0) is 25.5 Å². The standard InChI is InChI=1S/C26H34ClN5O5S/c1-36-19-15-30(16-19)9-8-29-7-3-4-18(14-29)32-24-20-5-2-6-22(27)25(20)38(34,35)17-21(24)23(28-32)26(33)31-10-12-37-13-11-31/h2,5-6,18-19H,3-4,7-17H2,1H3/t18-/m0/s1. The molecule has 0 aliphatic carbocycles. The Balaban J connectivity index is 1.34. The molecule has 1 aromatic heterocycles. The van der Waals surface area contributed by atoms with Gasteiger partial charge in [0.2, 0.25) is 0 Å². The van der Waals surface area contributed by atoms with E-state index in [1.54, 1.807) is 30.2 Å². The SMILES string of the molecule is COC1CN(CCN2CCC[C@H](n3nc(C(=O)N4CCOCC4)c4c3-c3cccc(Cl)c3S(=O)(=O)C4)C2)C1. The number of methoxy groups -OCH3 is 1. The predicted octanol–water partition coefficient (Wildman–Crippen LogP) is 1.93. The third-order valence-corrected chi connectivity index (χ3v) is 10.4. The Labute approximate surface area is 228 Å². The Morgan fingerprint density at radius 3 is 2.66 bits per heavy atom. The van der Waals surface area contributed by atoms with E-state index in [9.17, 15) is 13.2 Å². The van der Waals surface area contributed by atoms with Gasteiger partial charge in [-0.2, -0.15) is 5.10 Å². The number of halogens is 1. The molecule has 206 valence electrons. The molecule has 1 atom stereocenters. The van der Waals surface area contributed by atoms with Crippen molar-refractivity contribution >= 4 is 27.3 Å². The van der Waals surface area contributed by atoms with E-state index >= 15 is 0 Å². The van der Waals surface area contributed by atoms with Gasteiger partial charge >= 0.3 is 0 Å². The zero-order valence-electron chi connectivity index (χ0n) is 21.6. The van der Waals surface area contributed by atoms with Gasteiger partial charge < -0.3 is 14.4 Å². The van der Waals surface area contributed by atoms with E-state index in [1.165, 1.54) is 0 Å². The fraction of sp³-hybridized carbons (Fsp3) is 0.615. The first kappa shape index (κ1) is 26.2. The van der Waals surface area contributed by atoms with Crippen LogP contribution in [0.4, 0.5) is 0 Å². The molecule has 38 heavy (non-hydrogen) atoms. The van der Waals surface area contributed by atoms with Crippen molar-refractivity contribution < 1.29 is 22.7 Å². The summed E-state index contributed by atoms with van der Waals surface area (Å²) in [5, 5.41) is 5.09. The number of hydrogen-bond acceptors (Lipinski definition) is 8. The number of nitrogens with zero attached hydrogens (tertiary/aromatic N) is 5. The summed E-state index contributed by atoms with van der Waals surface area (Å²) < 4.78 is 39.5. The van der Waals surface area contributed by atoms with Gasteiger partial charge in [-0.25, -0.2) is 8.42 Å². The summed E-state index contributed by atoms with van der Waals surface area (Å²) in [6, 6.07) is 5.18. The molecule has 0 radical (unpaired) electrons. The average Bonchev–Trinajstić information content (AvgIpc) is 3.26. The van der Waals surface area contributed by atoms with Crippen molar-refractivity contribution in [1.29, 1.82) is 0 Å². The van der Waals surface area contributed by atoms with Crippen LogP contribution in [0.1, 0.15) is 34.9 Å². The molecule has 2 aromatic rings. The number of aromatic nitrogens is 2. The van der Waals surface area contributed by atoms with Crippen LogP contribution in [0.15, 0.2) is 23.1 Å². The van der Waals surface area contributed by atoms with Gasteiger partial charge in [0.25, 0.3) is 5.91 Å². The lowest BCUT2D eigenvalue weighted by Gasteiger charge is -2.40. The highest BCUT2D eigenvalue weighted by atomic mass is 35.5. The van der Waals surface area contributed by atoms with Gasteiger partial charge in [0.15, 0.2) is 15.5 Å². The second kappa shape index (κ2) is 10.5. The summed E-state index contributed by atoms with van der Waals surface area (Å²) >= 11 is 6.44. The van der Waals surface area contributed by atoms with Crippen LogP contribution in [-0.4, -0.2) is 118 Å². The zero-order chi connectivity index (χ0) is 26.4. The van der Waals surface area contributed by atoms with E-state index in [0.717, 1.165) is 52.1 Å². The van der Waals surface area contributed by atoms with E-state index in [4.69, 9.17) is 26.2 Å². The molecule has 3 saturated heterocycles. The maximum atomic E-state index is 13.6. The number of benzene rings is 1. The van der Waals surface area contributed by atoms with Gasteiger partial charge in [-0.15, -0.1) is 0 Å². The van der Waals surface area contributed by atoms with Crippen molar-refractivity contribution in [2.24, 2.45) is 0 Å². The molecule has 1 amide bonds. The van der Waals surface area contributed by atoms with Crippen molar-refractivity contribution in [1.82, 2.24) is 24.5 Å². The molecule has 1 aromatic carbocycles. The maximum absolute atomic E-state index is 13.6. The molecule has 0 bridgehead atoms. The number of carbonyl (C=O) groups is 1. The molecule has 4 aliphatic heterocycles. The Bertz CT molecular complexity index is 1320. The molecule has 5 heterocycles. The molecular formula is C26H34ClN5O5S. The number of carbonyl (C=O) groups excluding carboxylic acids is 1. The molecule has 4 aliphatic rings. The van der Waals surface area contributed by atoms with Crippen molar-refractivity contribution in [3.63, 3.8) is 0 Å². The van der Waals surface area contributed by atoms with Crippen LogP contribution < -0.4 is 0 Å². The van der Waals surface area contributed by atoms with Gasteiger partial charge in [0.1, 0.15) is 0 Å². The monoisotopic (exact) mass is 563 g/mol. The first-order valence-corrected chi connectivity index (χ1v) is 15.4. The van der Waals surface area contributed by atoms with Crippen LogP contribution in [0.2, 0.25) is 5.02 Å². The van der Waals surface area contributed by atoms with E-state index < -0.39 is 9.84 Å². The van der Waals surface area contributed by atoms with Gasteiger partial charge in [0.05, 0.1) is 46.7 Å². The summed E-state index contributed by atoms with van der Waals surface area (Å²) in [5.41, 5.74) is 1.97. The lowest BCUT2D eigenvalue weighted by atomic mass is 10.0. The molecule has 0 saturated carbocycles. The van der Waals surface area contributed by atoms with Crippen LogP contribution in [-0.2, 0) is 25.1 Å². The maximum Gasteiger partial charge on any atom is 0.274 e. The van der Waals surface area contributed by atoms with E-state index in [-0.39, 0.29) is 33.3 Å². The lowest BCUT2D eigenvalue weighted by Crippen LogP contribution is -2.54. The first-order chi connectivity index (χ1) is 18.4. The van der Waals surface area contributed by atoms with Crippen molar-refractivity contribution in [2.75, 3.05) is 72.7 Å². The van der Waals surface area contributed by atoms with E-state index in [0.29, 0.717) is 49.2 Å². The molecular weight excluding hydrogens is 530 g/mol. The molecule has 0 unspecified atom stereocenters. The number of sulfone groups is 1. The van der Waals surface area contributed by atoms with Crippen LogP contribution in [0.5, 0.6) is 0 Å². The number of ether oxygens (including phenoxy) is 2. The number of morpholine rings is 1. The van der Waals surface area contributed by atoms with Crippen molar-refractivity contribution in [3.8, 4) is 11.3 Å². The molecule has 3 fully saturated rings. The molecule has 6 rings (SSSR count). The van der Waals surface area contributed by atoms with Gasteiger partial charge in [-0.3, -0.25) is 19.3 Å². The number of rotatable bonds is 6. The van der Waals surface area contributed by atoms with E-state index in [2.05, 4.69) is 9.80 Å². The van der Waals surface area contributed by atoms with Crippen molar-refractivity contribution in [2.45, 2.75) is 35.6 Å². The molecule has 12 heteroatoms. The molecule has 0 N–H and O–H groups in total. The van der Waals surface area contributed by atoms with Crippen LogP contribution in [0.3, 0.4) is 0 Å². The smallest absolute Gasteiger partial charge is 0.274 e. The largest absolute Gasteiger partial charge is 0.379 e.